The number of hydrogen-bond donors (Lipinski definition) is 0. The summed E-state index contributed by atoms with van der Waals surface area (Å²) in [5.41, 5.74) is 17.0. The maximum absolute atomic E-state index is 6.89. The Bertz CT molecular complexity index is 3930. The number of para-hydroxylation sites is 3. The molecule has 0 radical (unpaired) electrons. The monoisotopic (exact) mass is 813 g/mol. The first kappa shape index (κ1) is 36.2. The number of aromatic nitrogens is 1. The minimum Gasteiger partial charge on any atom is -0.455 e. The molecule has 0 atom stereocenters. The highest BCUT2D eigenvalue weighted by molar-refractivity contribution is 6.22. The Labute approximate surface area is 370 Å². The molecule has 0 aliphatic heterocycles. The Hall–Kier alpha value is -8.46. The molecule has 2 heterocycles. The van der Waals surface area contributed by atoms with Crippen LogP contribution in [0.15, 0.2) is 241 Å². The lowest BCUT2D eigenvalue weighted by atomic mass is 9.85. The van der Waals surface area contributed by atoms with Crippen molar-refractivity contribution in [3.05, 3.63) is 237 Å². The van der Waals surface area contributed by atoms with Gasteiger partial charge >= 0.3 is 0 Å². The molecule has 0 amide bonds. The largest absolute Gasteiger partial charge is 0.455 e. The average molecular weight is 814 g/mol. The van der Waals surface area contributed by atoms with Crippen molar-refractivity contribution in [3.63, 3.8) is 0 Å². The summed E-state index contributed by atoms with van der Waals surface area (Å²) in [5, 5.41) is 9.68. The summed E-state index contributed by atoms with van der Waals surface area (Å²) in [6, 6.07) is 85.9. The smallest absolute Gasteiger partial charge is 0.143 e. The third-order valence-electron chi connectivity index (χ3n) is 13.2. The van der Waals surface area contributed by atoms with Crippen LogP contribution < -0.4 is 0 Å². The van der Waals surface area contributed by atoms with E-state index in [1.807, 2.05) is 0 Å². The summed E-state index contributed by atoms with van der Waals surface area (Å²) in [4.78, 5) is 0. The number of furan rings is 1. The van der Waals surface area contributed by atoms with Crippen LogP contribution in [-0.4, -0.2) is 4.57 Å². The van der Waals surface area contributed by atoms with Crippen LogP contribution in [0.3, 0.4) is 0 Å². The van der Waals surface area contributed by atoms with Gasteiger partial charge in [-0.1, -0.05) is 206 Å². The molecule has 0 fully saturated rings. The molecule has 0 N–H and O–H groups in total. The minimum atomic E-state index is 0.902. The maximum Gasteiger partial charge on any atom is 0.143 e. The normalized spacial score (nSPS) is 11.8. The molecule has 11 aromatic carbocycles. The molecule has 2 nitrogen and oxygen atoms in total. The van der Waals surface area contributed by atoms with Gasteiger partial charge in [0, 0.05) is 38.4 Å². The van der Waals surface area contributed by atoms with E-state index in [1.54, 1.807) is 0 Å². The first-order valence-corrected chi connectivity index (χ1v) is 22.0. The topological polar surface area (TPSA) is 18.1 Å². The lowest BCUT2D eigenvalue weighted by Gasteiger charge is -2.19. The Balaban J connectivity index is 0.999. The van der Waals surface area contributed by atoms with Crippen molar-refractivity contribution >= 4 is 65.3 Å². The molecule has 2 aromatic heterocycles. The van der Waals surface area contributed by atoms with Crippen LogP contribution in [0.1, 0.15) is 0 Å². The zero-order valence-electron chi connectivity index (χ0n) is 34.9. The highest BCUT2D eigenvalue weighted by Gasteiger charge is 2.20. The molecule has 64 heavy (non-hydrogen) atoms. The molecule has 0 unspecified atom stereocenters. The van der Waals surface area contributed by atoms with Gasteiger partial charge < -0.3 is 8.98 Å². The third-order valence-corrected chi connectivity index (χ3v) is 13.2. The van der Waals surface area contributed by atoms with E-state index in [0.29, 0.717) is 0 Å². The lowest BCUT2D eigenvalue weighted by Crippen LogP contribution is -1.95. The quantitative estimate of drug-likeness (QED) is 0.153. The fourth-order valence-corrected chi connectivity index (χ4v) is 10.3. The van der Waals surface area contributed by atoms with Crippen LogP contribution in [-0.2, 0) is 0 Å². The average Bonchev–Trinajstić information content (AvgIpc) is 3.92. The minimum absolute atomic E-state index is 0.902. The molecular formula is C62H39NO. The van der Waals surface area contributed by atoms with Gasteiger partial charge in [0.05, 0.1) is 11.0 Å². The van der Waals surface area contributed by atoms with Crippen molar-refractivity contribution < 1.29 is 4.42 Å². The van der Waals surface area contributed by atoms with Gasteiger partial charge in [0.2, 0.25) is 0 Å². The standard InChI is InChI=1S/C62H39NO/c1-4-17-40(18-5-1)47-28-15-30-54-55-31-16-29-48(62(55)64-61(47)54)45-34-35-50-49-25-12-13-32-57(49)63(58(50)39-45)46-24-14-23-43(37-46)44-33-36-53-56(38-44)60(42-21-8-3-9-22-42)52-27-11-10-26-51(52)59(53)41-19-6-2-7-20-41/h1-39H. The van der Waals surface area contributed by atoms with E-state index in [-0.39, 0.29) is 0 Å². The molecule has 0 aliphatic rings. The Morgan fingerprint density at radius 1 is 0.250 bits per heavy atom. The fourth-order valence-electron chi connectivity index (χ4n) is 10.3. The maximum atomic E-state index is 6.89. The Morgan fingerprint density at radius 2 is 0.703 bits per heavy atom. The summed E-state index contributed by atoms with van der Waals surface area (Å²) in [5.74, 6) is 0. The zero-order valence-corrected chi connectivity index (χ0v) is 34.9. The zero-order chi connectivity index (χ0) is 42.1. The second kappa shape index (κ2) is 14.6. The van der Waals surface area contributed by atoms with E-state index < -0.39 is 0 Å². The second-order valence-corrected chi connectivity index (χ2v) is 16.8. The summed E-state index contributed by atoms with van der Waals surface area (Å²) >= 11 is 0. The molecule has 298 valence electrons. The van der Waals surface area contributed by atoms with Gasteiger partial charge in [0.25, 0.3) is 0 Å². The van der Waals surface area contributed by atoms with Crippen molar-refractivity contribution in [1.29, 1.82) is 0 Å². The summed E-state index contributed by atoms with van der Waals surface area (Å²) < 4.78 is 9.32. The van der Waals surface area contributed by atoms with E-state index in [9.17, 15) is 0 Å². The van der Waals surface area contributed by atoms with Crippen LogP contribution in [0.2, 0.25) is 0 Å². The predicted molar refractivity (Wildman–Crippen MR) is 270 cm³/mol. The van der Waals surface area contributed by atoms with Crippen molar-refractivity contribution in [2.45, 2.75) is 0 Å². The Kier molecular flexibility index (Phi) is 8.25. The van der Waals surface area contributed by atoms with Crippen molar-refractivity contribution in [1.82, 2.24) is 4.57 Å². The van der Waals surface area contributed by atoms with Crippen LogP contribution in [0.4, 0.5) is 0 Å². The van der Waals surface area contributed by atoms with Crippen LogP contribution in [0, 0.1) is 0 Å². The van der Waals surface area contributed by atoms with Gasteiger partial charge in [-0.25, -0.2) is 0 Å². The molecule has 0 saturated carbocycles. The predicted octanol–water partition coefficient (Wildman–Crippen LogP) is 17.3. The van der Waals surface area contributed by atoms with Gasteiger partial charge in [0.15, 0.2) is 0 Å². The van der Waals surface area contributed by atoms with Gasteiger partial charge in [-0.15, -0.1) is 0 Å². The molecule has 0 saturated heterocycles. The number of benzene rings is 11. The van der Waals surface area contributed by atoms with Crippen molar-refractivity contribution in [2.24, 2.45) is 0 Å². The van der Waals surface area contributed by atoms with Gasteiger partial charge in [-0.2, -0.15) is 0 Å². The second-order valence-electron chi connectivity index (χ2n) is 16.8. The summed E-state index contributed by atoms with van der Waals surface area (Å²) in [7, 11) is 0. The van der Waals surface area contributed by atoms with E-state index in [2.05, 4.69) is 241 Å². The van der Waals surface area contributed by atoms with E-state index in [0.717, 1.165) is 61.0 Å². The van der Waals surface area contributed by atoms with Crippen LogP contribution >= 0.6 is 0 Å². The Morgan fingerprint density at radius 3 is 1.38 bits per heavy atom. The molecule has 0 bridgehead atoms. The highest BCUT2D eigenvalue weighted by Crippen LogP contribution is 2.46. The van der Waals surface area contributed by atoms with Crippen molar-refractivity contribution in [2.75, 3.05) is 0 Å². The third kappa shape index (κ3) is 5.66. The van der Waals surface area contributed by atoms with Gasteiger partial charge in [-0.05, 0) is 96.4 Å². The van der Waals surface area contributed by atoms with E-state index in [4.69, 9.17) is 4.42 Å². The van der Waals surface area contributed by atoms with E-state index >= 15 is 0 Å². The highest BCUT2D eigenvalue weighted by atomic mass is 16.3. The lowest BCUT2D eigenvalue weighted by molar-refractivity contribution is 0.671. The molecule has 0 spiro atoms. The van der Waals surface area contributed by atoms with Crippen LogP contribution in [0.5, 0.6) is 0 Å². The van der Waals surface area contributed by atoms with Gasteiger partial charge in [-0.3, -0.25) is 0 Å². The number of nitrogens with zero attached hydrogens (tertiary/aromatic N) is 1. The molecule has 13 rings (SSSR count). The van der Waals surface area contributed by atoms with E-state index in [1.165, 1.54) is 65.7 Å². The molecule has 13 aromatic rings. The number of hydrogen-bond acceptors (Lipinski definition) is 1. The molecule has 2 heteroatoms. The first-order chi connectivity index (χ1) is 31.8. The molecule has 0 aliphatic carbocycles. The summed E-state index contributed by atoms with van der Waals surface area (Å²) in [6.45, 7) is 0. The number of rotatable bonds is 6. The molecular weight excluding hydrogens is 775 g/mol. The summed E-state index contributed by atoms with van der Waals surface area (Å²) in [6.07, 6.45) is 0. The SMILES string of the molecule is c1ccc(-c2c3ccccc3c(-c3ccccc3)c3cc(-c4cccc(-n5c6ccccc6c6ccc(-c7cccc8c7oc7c(-c9ccccc9)cccc78)cc65)c4)ccc23)cc1. The first-order valence-electron chi connectivity index (χ1n) is 22.0. The fraction of sp³-hybridized carbons (Fsp3) is 0. The van der Waals surface area contributed by atoms with Crippen molar-refractivity contribution in [3.8, 4) is 61.3 Å². The number of fused-ring (bicyclic) bond motifs is 8. The van der Waals surface area contributed by atoms with Crippen LogP contribution in [0.25, 0.3) is 127 Å². The van der Waals surface area contributed by atoms with Gasteiger partial charge in [0.1, 0.15) is 11.2 Å².